The van der Waals surface area contributed by atoms with Gasteiger partial charge in [-0.3, -0.25) is 4.79 Å². The van der Waals surface area contributed by atoms with E-state index in [-0.39, 0.29) is 11.9 Å². The number of rotatable bonds is 6. The molecule has 8 heteroatoms. The summed E-state index contributed by atoms with van der Waals surface area (Å²) in [5.74, 6) is 0.0638. The number of nitrogens with zero attached hydrogens (tertiary/aromatic N) is 4. The van der Waals surface area contributed by atoms with Crippen molar-refractivity contribution >= 4 is 26.9 Å². The Kier molecular flexibility index (Phi) is 7.22. The zero-order valence-corrected chi connectivity index (χ0v) is 20.9. The van der Waals surface area contributed by atoms with Gasteiger partial charge in [0.25, 0.3) is 10.2 Å². The van der Waals surface area contributed by atoms with Crippen LogP contribution in [0.25, 0.3) is 10.8 Å². The Labute approximate surface area is 208 Å². The normalized spacial score (nSPS) is 19.5. The fraction of sp³-hybridized carbons (Fsp3) is 0.444. The lowest BCUT2D eigenvalue weighted by molar-refractivity contribution is -0.131. The number of piperidine rings is 1. The highest BCUT2D eigenvalue weighted by Crippen LogP contribution is 2.30. The zero-order chi connectivity index (χ0) is 24.3. The molecular formula is C27H34N4O3S. The standard InChI is InChI=1S/C27H34N4O3S/c32-27(29-16-9-19-31(21-20-29)35(33,34)30-17-4-1-5-18-30)22-26(28-14-6-7-15-28)25-13-8-11-23-10-2-3-12-24(23)25/h2-3,6-8,10-15,26H,1,4-5,9,16-22H2. The molecule has 1 amide bonds. The molecule has 1 aromatic heterocycles. The quantitative estimate of drug-likeness (QED) is 0.522. The summed E-state index contributed by atoms with van der Waals surface area (Å²) in [6.07, 6.45) is 7.94. The molecule has 0 spiro atoms. The summed E-state index contributed by atoms with van der Waals surface area (Å²) in [5.41, 5.74) is 1.12. The molecule has 2 fully saturated rings. The molecule has 2 aliphatic rings. The highest BCUT2D eigenvalue weighted by Gasteiger charge is 2.33. The summed E-state index contributed by atoms with van der Waals surface area (Å²) in [6.45, 7) is 3.04. The van der Waals surface area contributed by atoms with E-state index in [1.54, 1.807) is 8.61 Å². The van der Waals surface area contributed by atoms with Gasteiger partial charge in [-0.05, 0) is 47.7 Å². The molecule has 0 aliphatic carbocycles. The van der Waals surface area contributed by atoms with Crippen molar-refractivity contribution in [2.75, 3.05) is 39.3 Å². The second kappa shape index (κ2) is 10.5. The third-order valence-corrected chi connectivity index (χ3v) is 9.35. The van der Waals surface area contributed by atoms with E-state index in [9.17, 15) is 13.2 Å². The van der Waals surface area contributed by atoms with Crippen molar-refractivity contribution in [2.24, 2.45) is 0 Å². The highest BCUT2D eigenvalue weighted by molar-refractivity contribution is 7.86. The number of amides is 1. The highest BCUT2D eigenvalue weighted by atomic mass is 32.2. The summed E-state index contributed by atoms with van der Waals surface area (Å²) >= 11 is 0. The van der Waals surface area contributed by atoms with Crippen LogP contribution >= 0.6 is 0 Å². The van der Waals surface area contributed by atoms with E-state index in [1.807, 2.05) is 47.6 Å². The smallest absolute Gasteiger partial charge is 0.282 e. The first kappa shape index (κ1) is 24.0. The van der Waals surface area contributed by atoms with Crippen LogP contribution < -0.4 is 0 Å². The van der Waals surface area contributed by atoms with E-state index >= 15 is 0 Å². The molecule has 0 bridgehead atoms. The molecule has 1 atom stereocenters. The van der Waals surface area contributed by atoms with Gasteiger partial charge in [0.1, 0.15) is 0 Å². The minimum atomic E-state index is -3.46. The molecule has 2 saturated heterocycles. The monoisotopic (exact) mass is 494 g/mol. The number of carbonyl (C=O) groups excluding carboxylic acids is 1. The molecule has 0 radical (unpaired) electrons. The minimum absolute atomic E-state index is 0.0638. The lowest BCUT2D eigenvalue weighted by Gasteiger charge is -2.31. The predicted octanol–water partition coefficient (Wildman–Crippen LogP) is 3.89. The number of fused-ring (bicyclic) bond motifs is 1. The molecule has 2 aromatic carbocycles. The van der Waals surface area contributed by atoms with Crippen LogP contribution in [0.4, 0.5) is 0 Å². The average Bonchev–Trinajstić information content (AvgIpc) is 3.30. The van der Waals surface area contributed by atoms with Gasteiger partial charge in [-0.2, -0.15) is 17.0 Å². The maximum Gasteiger partial charge on any atom is 0.282 e. The van der Waals surface area contributed by atoms with Gasteiger partial charge in [-0.25, -0.2) is 0 Å². The molecule has 2 aliphatic heterocycles. The molecule has 3 aromatic rings. The van der Waals surface area contributed by atoms with Gasteiger partial charge < -0.3 is 9.47 Å². The number of carbonyl (C=O) groups is 1. The molecule has 0 saturated carbocycles. The lowest BCUT2D eigenvalue weighted by Crippen LogP contribution is -2.47. The van der Waals surface area contributed by atoms with Crippen LogP contribution in [0.15, 0.2) is 67.0 Å². The minimum Gasteiger partial charge on any atom is -0.346 e. The van der Waals surface area contributed by atoms with E-state index in [0.29, 0.717) is 52.1 Å². The van der Waals surface area contributed by atoms with Gasteiger partial charge in [-0.1, -0.05) is 48.9 Å². The van der Waals surface area contributed by atoms with E-state index < -0.39 is 10.2 Å². The summed E-state index contributed by atoms with van der Waals surface area (Å²) < 4.78 is 31.6. The Bertz CT molecular complexity index is 1250. The SMILES string of the molecule is O=C(CC(c1cccc2ccccc12)n1cccc1)N1CCCN(S(=O)(=O)N2CCCCC2)CC1. The fourth-order valence-electron chi connectivity index (χ4n) is 5.40. The van der Waals surface area contributed by atoms with Gasteiger partial charge in [-0.15, -0.1) is 0 Å². The van der Waals surface area contributed by atoms with Crippen molar-refractivity contribution < 1.29 is 13.2 Å². The molecule has 5 rings (SSSR count). The third-order valence-electron chi connectivity index (χ3n) is 7.31. The number of benzene rings is 2. The summed E-state index contributed by atoms with van der Waals surface area (Å²) in [6, 6.07) is 18.4. The Hall–Kier alpha value is -2.68. The first-order chi connectivity index (χ1) is 17.0. The molecule has 1 unspecified atom stereocenters. The van der Waals surface area contributed by atoms with Gasteiger partial charge in [0.15, 0.2) is 0 Å². The first-order valence-electron chi connectivity index (χ1n) is 12.7. The van der Waals surface area contributed by atoms with Crippen molar-refractivity contribution in [3.05, 3.63) is 72.6 Å². The second-order valence-electron chi connectivity index (χ2n) is 9.52. The largest absolute Gasteiger partial charge is 0.346 e. The molecular weight excluding hydrogens is 460 g/mol. The van der Waals surface area contributed by atoms with Crippen molar-refractivity contribution in [1.82, 2.24) is 18.1 Å². The van der Waals surface area contributed by atoms with Crippen molar-refractivity contribution in [2.45, 2.75) is 38.1 Å². The van der Waals surface area contributed by atoms with Crippen LogP contribution in [0.1, 0.15) is 43.7 Å². The Balaban J connectivity index is 1.33. The number of hydrogen-bond donors (Lipinski definition) is 0. The van der Waals surface area contributed by atoms with Crippen molar-refractivity contribution in [3.8, 4) is 0 Å². The van der Waals surface area contributed by atoms with Gasteiger partial charge in [0.2, 0.25) is 5.91 Å². The molecule has 7 nitrogen and oxygen atoms in total. The zero-order valence-electron chi connectivity index (χ0n) is 20.1. The lowest BCUT2D eigenvalue weighted by atomic mass is 9.96. The Morgan fingerprint density at radius 3 is 2.23 bits per heavy atom. The summed E-state index contributed by atoms with van der Waals surface area (Å²) in [4.78, 5) is 15.4. The second-order valence-corrected chi connectivity index (χ2v) is 11.4. The maximum absolute atomic E-state index is 13.6. The topological polar surface area (TPSA) is 65.9 Å². The fourth-order valence-corrected chi connectivity index (χ4v) is 7.12. The molecule has 0 N–H and O–H groups in total. The summed E-state index contributed by atoms with van der Waals surface area (Å²) in [5, 5.41) is 2.30. The van der Waals surface area contributed by atoms with Gasteiger partial charge >= 0.3 is 0 Å². The predicted molar refractivity (Wildman–Crippen MR) is 138 cm³/mol. The van der Waals surface area contributed by atoms with Crippen LogP contribution in [0.3, 0.4) is 0 Å². The van der Waals surface area contributed by atoms with Gasteiger partial charge in [0.05, 0.1) is 12.5 Å². The summed E-state index contributed by atoms with van der Waals surface area (Å²) in [7, 11) is -3.46. The van der Waals surface area contributed by atoms with Crippen molar-refractivity contribution in [1.29, 1.82) is 0 Å². The maximum atomic E-state index is 13.6. The van der Waals surface area contributed by atoms with Crippen LogP contribution in [0, 0.1) is 0 Å². The Morgan fingerprint density at radius 1 is 0.743 bits per heavy atom. The molecule has 35 heavy (non-hydrogen) atoms. The first-order valence-corrected chi connectivity index (χ1v) is 14.1. The van der Waals surface area contributed by atoms with Crippen LogP contribution in [-0.4, -0.2) is 71.7 Å². The average molecular weight is 495 g/mol. The van der Waals surface area contributed by atoms with E-state index in [0.717, 1.165) is 35.6 Å². The van der Waals surface area contributed by atoms with Crippen LogP contribution in [0.5, 0.6) is 0 Å². The van der Waals surface area contributed by atoms with Crippen LogP contribution in [0.2, 0.25) is 0 Å². The third kappa shape index (κ3) is 5.15. The van der Waals surface area contributed by atoms with E-state index in [4.69, 9.17) is 0 Å². The number of hydrogen-bond acceptors (Lipinski definition) is 3. The van der Waals surface area contributed by atoms with Gasteiger partial charge in [0, 0.05) is 51.7 Å². The van der Waals surface area contributed by atoms with Crippen molar-refractivity contribution in [3.63, 3.8) is 0 Å². The number of aromatic nitrogens is 1. The Morgan fingerprint density at radius 2 is 1.43 bits per heavy atom. The van der Waals surface area contributed by atoms with E-state index in [1.165, 1.54) is 0 Å². The van der Waals surface area contributed by atoms with Crippen LogP contribution in [-0.2, 0) is 15.0 Å². The molecule has 3 heterocycles. The van der Waals surface area contributed by atoms with E-state index in [2.05, 4.69) is 28.8 Å². The molecule has 186 valence electrons.